The van der Waals surface area contributed by atoms with Crippen LogP contribution in [0.1, 0.15) is 27.5 Å². The molecular formula is C23H20F3N5O2S. The van der Waals surface area contributed by atoms with Crippen molar-refractivity contribution in [1.82, 2.24) is 19.7 Å². The number of carbonyl (C=O) groups excluding carboxylic acids is 1. The molecule has 176 valence electrons. The summed E-state index contributed by atoms with van der Waals surface area (Å²) >= 11 is 1.39. The van der Waals surface area contributed by atoms with E-state index in [-0.39, 0.29) is 18.1 Å². The normalized spacial score (nSPS) is 11.4. The maximum absolute atomic E-state index is 12.8. The highest BCUT2D eigenvalue weighted by atomic mass is 32.1. The molecule has 0 bridgehead atoms. The molecule has 4 rings (SSSR count). The second-order valence-corrected chi connectivity index (χ2v) is 8.49. The van der Waals surface area contributed by atoms with Crippen molar-refractivity contribution >= 4 is 23.1 Å². The number of benzene rings is 1. The summed E-state index contributed by atoms with van der Waals surface area (Å²) in [5, 5.41) is 9.47. The third-order valence-corrected chi connectivity index (χ3v) is 5.59. The van der Waals surface area contributed by atoms with E-state index in [1.165, 1.54) is 22.1 Å². The molecule has 1 amide bonds. The smallest absolute Gasteiger partial charge is 0.417 e. The second-order valence-electron chi connectivity index (χ2n) is 7.54. The van der Waals surface area contributed by atoms with E-state index in [1.54, 1.807) is 18.4 Å². The van der Waals surface area contributed by atoms with Gasteiger partial charge in [0.25, 0.3) is 0 Å². The lowest BCUT2D eigenvalue weighted by molar-refractivity contribution is -0.137. The van der Waals surface area contributed by atoms with Crippen molar-refractivity contribution in [2.24, 2.45) is 0 Å². The highest BCUT2D eigenvalue weighted by Gasteiger charge is 2.30. The van der Waals surface area contributed by atoms with Crippen LogP contribution < -0.4 is 10.1 Å². The summed E-state index contributed by atoms with van der Waals surface area (Å²) in [7, 11) is 0. The number of aryl methyl sites for hydroxylation is 2. The Balaban J connectivity index is 1.39. The second kappa shape index (κ2) is 9.64. The Hall–Kier alpha value is -3.73. The number of nitrogens with zero attached hydrogens (tertiary/aromatic N) is 4. The van der Waals surface area contributed by atoms with Crippen molar-refractivity contribution in [1.29, 1.82) is 0 Å². The Morgan fingerprint density at radius 2 is 1.91 bits per heavy atom. The molecule has 0 radical (unpaired) electrons. The number of hydrogen-bond acceptors (Lipinski definition) is 6. The van der Waals surface area contributed by atoms with Gasteiger partial charge in [0.15, 0.2) is 5.82 Å². The van der Waals surface area contributed by atoms with Crippen LogP contribution in [-0.2, 0) is 24.0 Å². The molecule has 0 aliphatic rings. The number of anilines is 1. The molecule has 0 spiro atoms. The van der Waals surface area contributed by atoms with Gasteiger partial charge < -0.3 is 10.1 Å². The van der Waals surface area contributed by atoms with Gasteiger partial charge >= 0.3 is 6.18 Å². The number of aromatic nitrogens is 4. The van der Waals surface area contributed by atoms with E-state index in [0.29, 0.717) is 23.8 Å². The van der Waals surface area contributed by atoms with Crippen LogP contribution in [0.2, 0.25) is 0 Å². The number of rotatable bonds is 7. The van der Waals surface area contributed by atoms with Crippen LogP contribution in [0, 0.1) is 13.8 Å². The number of alkyl halides is 3. The van der Waals surface area contributed by atoms with Gasteiger partial charge in [0.2, 0.25) is 5.91 Å². The van der Waals surface area contributed by atoms with Crippen molar-refractivity contribution in [3.63, 3.8) is 0 Å². The zero-order chi connectivity index (χ0) is 24.3. The molecule has 3 heterocycles. The minimum atomic E-state index is -4.49. The first-order valence-electron chi connectivity index (χ1n) is 10.2. The molecule has 0 saturated heterocycles. The number of halogens is 3. The van der Waals surface area contributed by atoms with Crippen LogP contribution in [0.4, 0.5) is 19.0 Å². The van der Waals surface area contributed by atoms with Crippen LogP contribution in [0.5, 0.6) is 5.75 Å². The topological polar surface area (TPSA) is 81.9 Å². The summed E-state index contributed by atoms with van der Waals surface area (Å²) in [6.45, 7) is 3.99. The summed E-state index contributed by atoms with van der Waals surface area (Å²) in [6.07, 6.45) is -3.74. The maximum atomic E-state index is 12.8. The fourth-order valence-electron chi connectivity index (χ4n) is 3.07. The van der Waals surface area contributed by atoms with Crippen LogP contribution in [0.25, 0.3) is 5.82 Å². The molecule has 0 aliphatic heterocycles. The average Bonchev–Trinajstić information content (AvgIpc) is 3.38. The van der Waals surface area contributed by atoms with E-state index in [2.05, 4.69) is 20.4 Å². The molecule has 0 unspecified atom stereocenters. The summed E-state index contributed by atoms with van der Waals surface area (Å²) in [4.78, 5) is 20.9. The lowest BCUT2D eigenvalue weighted by atomic mass is 10.2. The number of thiazole rings is 1. The van der Waals surface area contributed by atoms with Gasteiger partial charge in [-0.05, 0) is 38.1 Å². The number of carbonyl (C=O) groups is 1. The van der Waals surface area contributed by atoms with Gasteiger partial charge in [-0.3, -0.25) is 4.79 Å². The summed E-state index contributed by atoms with van der Waals surface area (Å²) in [5.41, 5.74) is 1.43. The first-order valence-corrected chi connectivity index (χ1v) is 11.1. The van der Waals surface area contributed by atoms with Gasteiger partial charge in [-0.15, -0.1) is 11.3 Å². The molecule has 1 N–H and O–H groups in total. The first-order chi connectivity index (χ1) is 16.2. The Bertz CT molecular complexity index is 1280. The number of nitrogens with one attached hydrogen (secondary N) is 1. The standard InChI is InChI=1S/C23H20F3N5O2S/c1-14-3-6-18(7-4-14)33-12-22-28-17(13-34-22)10-21(32)29-20-9-15(2)30-31(20)19-8-5-16(11-27-19)23(24,25)26/h3-9,11,13H,10,12H2,1-2H3,(H,29,32). The van der Waals surface area contributed by atoms with Crippen molar-refractivity contribution in [3.8, 4) is 11.6 Å². The molecule has 3 aromatic heterocycles. The number of amides is 1. The molecule has 7 nitrogen and oxygen atoms in total. The monoisotopic (exact) mass is 487 g/mol. The van der Waals surface area contributed by atoms with Gasteiger partial charge in [0.05, 0.1) is 23.4 Å². The van der Waals surface area contributed by atoms with Gasteiger partial charge in [0, 0.05) is 17.6 Å². The minimum Gasteiger partial charge on any atom is -0.486 e. The molecule has 0 fully saturated rings. The summed E-state index contributed by atoms with van der Waals surface area (Å²) in [6, 6.07) is 11.4. The number of ether oxygens (including phenoxy) is 1. The van der Waals surface area contributed by atoms with Crippen LogP contribution in [0.15, 0.2) is 54.0 Å². The van der Waals surface area contributed by atoms with Crippen molar-refractivity contribution in [3.05, 3.63) is 81.6 Å². The van der Waals surface area contributed by atoms with Crippen molar-refractivity contribution in [2.75, 3.05) is 5.32 Å². The van der Waals surface area contributed by atoms with E-state index in [0.717, 1.165) is 28.6 Å². The largest absolute Gasteiger partial charge is 0.486 e. The van der Waals surface area contributed by atoms with E-state index < -0.39 is 11.7 Å². The maximum Gasteiger partial charge on any atom is 0.417 e. The van der Waals surface area contributed by atoms with Gasteiger partial charge in [-0.25, -0.2) is 9.97 Å². The lowest BCUT2D eigenvalue weighted by Crippen LogP contribution is -2.18. The van der Waals surface area contributed by atoms with Gasteiger partial charge in [-0.2, -0.15) is 23.0 Å². The Kier molecular flexibility index (Phi) is 6.64. The molecule has 34 heavy (non-hydrogen) atoms. The quantitative estimate of drug-likeness (QED) is 0.391. The summed E-state index contributed by atoms with van der Waals surface area (Å²) in [5.74, 6) is 0.846. The lowest BCUT2D eigenvalue weighted by Gasteiger charge is -2.10. The highest BCUT2D eigenvalue weighted by Crippen LogP contribution is 2.29. The zero-order valence-electron chi connectivity index (χ0n) is 18.3. The Labute approximate surface area is 197 Å². The van der Waals surface area contributed by atoms with E-state index in [4.69, 9.17) is 4.74 Å². The fraction of sp³-hybridized carbons (Fsp3) is 0.217. The van der Waals surface area contributed by atoms with E-state index >= 15 is 0 Å². The zero-order valence-corrected chi connectivity index (χ0v) is 19.1. The van der Waals surface area contributed by atoms with Gasteiger partial charge in [-0.1, -0.05) is 17.7 Å². The van der Waals surface area contributed by atoms with Crippen molar-refractivity contribution < 1.29 is 22.7 Å². The average molecular weight is 488 g/mol. The van der Waals surface area contributed by atoms with Crippen LogP contribution in [0.3, 0.4) is 0 Å². The number of pyridine rings is 1. The van der Waals surface area contributed by atoms with Crippen LogP contribution >= 0.6 is 11.3 Å². The highest BCUT2D eigenvalue weighted by molar-refractivity contribution is 7.09. The Morgan fingerprint density at radius 3 is 2.59 bits per heavy atom. The fourth-order valence-corrected chi connectivity index (χ4v) is 3.77. The summed E-state index contributed by atoms with van der Waals surface area (Å²) < 4.78 is 45.4. The molecule has 0 saturated carbocycles. The molecule has 1 aromatic carbocycles. The Morgan fingerprint density at radius 1 is 1.15 bits per heavy atom. The predicted octanol–water partition coefficient (Wildman–Crippen LogP) is 5.12. The molecule has 0 atom stereocenters. The molecule has 11 heteroatoms. The molecule has 4 aromatic rings. The van der Waals surface area contributed by atoms with Crippen LogP contribution in [-0.4, -0.2) is 25.7 Å². The minimum absolute atomic E-state index is 0.0195. The molecule has 0 aliphatic carbocycles. The van der Waals surface area contributed by atoms with E-state index in [9.17, 15) is 18.0 Å². The molecular weight excluding hydrogens is 467 g/mol. The number of hydrogen-bond donors (Lipinski definition) is 1. The third-order valence-electron chi connectivity index (χ3n) is 4.72. The van der Waals surface area contributed by atoms with E-state index in [1.807, 2.05) is 31.2 Å². The van der Waals surface area contributed by atoms with Gasteiger partial charge in [0.1, 0.15) is 23.2 Å². The first kappa shape index (κ1) is 23.4. The third kappa shape index (κ3) is 5.79. The van der Waals surface area contributed by atoms with Crippen molar-refractivity contribution in [2.45, 2.75) is 33.1 Å². The SMILES string of the molecule is Cc1ccc(OCc2nc(CC(=O)Nc3cc(C)nn3-c3ccc(C(F)(F)F)cn3)cs2)cc1. The predicted molar refractivity (Wildman–Crippen MR) is 121 cm³/mol.